The van der Waals surface area contributed by atoms with Crippen molar-refractivity contribution in [1.82, 2.24) is 0 Å². The first-order chi connectivity index (χ1) is 12.1. The van der Waals surface area contributed by atoms with Crippen molar-refractivity contribution < 1.29 is 23.7 Å². The number of rotatable bonds is 7. The Bertz CT molecular complexity index is 769. The third-order valence-corrected chi connectivity index (χ3v) is 4.09. The van der Waals surface area contributed by atoms with E-state index < -0.39 is 0 Å². The Labute approximate surface area is 147 Å². The van der Waals surface area contributed by atoms with Gasteiger partial charge < -0.3 is 18.9 Å². The molecule has 1 heterocycles. The molecule has 132 valence electrons. The SMILES string of the molecule is CCOc1cc2c(cc1COc1ccc(C=O)cc1OC)OC(C)C2. The molecule has 0 radical (unpaired) electrons. The first kappa shape index (κ1) is 17.1. The van der Waals surface area contributed by atoms with Gasteiger partial charge in [0.2, 0.25) is 0 Å². The number of methoxy groups -OCH3 is 1. The van der Waals surface area contributed by atoms with Gasteiger partial charge >= 0.3 is 0 Å². The molecule has 5 heteroatoms. The van der Waals surface area contributed by atoms with Gasteiger partial charge in [0, 0.05) is 23.1 Å². The molecule has 0 aliphatic carbocycles. The molecule has 1 aliphatic heterocycles. The van der Waals surface area contributed by atoms with Crippen LogP contribution in [0.3, 0.4) is 0 Å². The first-order valence-corrected chi connectivity index (χ1v) is 8.35. The summed E-state index contributed by atoms with van der Waals surface area (Å²) < 4.78 is 22.8. The summed E-state index contributed by atoms with van der Waals surface area (Å²) in [5.74, 6) is 2.79. The molecule has 0 fully saturated rings. The summed E-state index contributed by atoms with van der Waals surface area (Å²) in [5.41, 5.74) is 2.61. The first-order valence-electron chi connectivity index (χ1n) is 8.35. The van der Waals surface area contributed by atoms with Crippen LogP contribution in [0, 0.1) is 0 Å². The standard InChI is InChI=1S/C20H22O5/c1-4-23-18-9-15-7-13(2)25-19(15)10-16(18)12-24-17-6-5-14(11-21)8-20(17)22-3/h5-6,8-11,13H,4,7,12H2,1-3H3. The van der Waals surface area contributed by atoms with E-state index in [1.54, 1.807) is 25.3 Å². The van der Waals surface area contributed by atoms with Gasteiger partial charge in [0.05, 0.1) is 13.7 Å². The smallest absolute Gasteiger partial charge is 0.161 e. The maximum absolute atomic E-state index is 10.9. The summed E-state index contributed by atoms with van der Waals surface area (Å²) in [4.78, 5) is 10.9. The third kappa shape index (κ3) is 3.71. The van der Waals surface area contributed by atoms with Gasteiger partial charge in [0.1, 0.15) is 30.5 Å². The van der Waals surface area contributed by atoms with Crippen molar-refractivity contribution in [3.63, 3.8) is 0 Å². The Hall–Kier alpha value is -2.69. The second kappa shape index (κ2) is 7.47. The highest BCUT2D eigenvalue weighted by atomic mass is 16.5. The molecule has 0 N–H and O–H groups in total. The number of ether oxygens (including phenoxy) is 4. The second-order valence-electron chi connectivity index (χ2n) is 5.95. The highest BCUT2D eigenvalue weighted by Gasteiger charge is 2.22. The van der Waals surface area contributed by atoms with Crippen molar-refractivity contribution in [3.05, 3.63) is 47.0 Å². The number of hydrogen-bond acceptors (Lipinski definition) is 5. The van der Waals surface area contributed by atoms with Gasteiger partial charge in [-0.25, -0.2) is 0 Å². The predicted molar refractivity (Wildman–Crippen MR) is 94.1 cm³/mol. The van der Waals surface area contributed by atoms with Crippen LogP contribution in [0.4, 0.5) is 0 Å². The lowest BCUT2D eigenvalue weighted by Crippen LogP contribution is -2.05. The summed E-state index contributed by atoms with van der Waals surface area (Å²) in [6.45, 7) is 4.91. The van der Waals surface area contributed by atoms with Gasteiger partial charge in [-0.1, -0.05) is 0 Å². The molecular formula is C20H22O5. The van der Waals surface area contributed by atoms with Crippen LogP contribution in [0.5, 0.6) is 23.0 Å². The number of benzene rings is 2. The second-order valence-corrected chi connectivity index (χ2v) is 5.95. The van der Waals surface area contributed by atoms with Crippen LogP contribution in [-0.2, 0) is 13.0 Å². The van der Waals surface area contributed by atoms with E-state index in [0.717, 1.165) is 35.3 Å². The largest absolute Gasteiger partial charge is 0.493 e. The number of carbonyl (C=O) groups is 1. The van der Waals surface area contributed by atoms with Gasteiger partial charge in [0.15, 0.2) is 11.5 Å². The lowest BCUT2D eigenvalue weighted by molar-refractivity contribution is 0.112. The minimum Gasteiger partial charge on any atom is -0.493 e. The average molecular weight is 342 g/mol. The van der Waals surface area contributed by atoms with Crippen LogP contribution in [0.15, 0.2) is 30.3 Å². The van der Waals surface area contributed by atoms with E-state index in [4.69, 9.17) is 18.9 Å². The number of aldehydes is 1. The zero-order chi connectivity index (χ0) is 17.8. The Morgan fingerprint density at radius 1 is 1.16 bits per heavy atom. The normalized spacial score (nSPS) is 15.2. The lowest BCUT2D eigenvalue weighted by Gasteiger charge is -2.15. The quantitative estimate of drug-likeness (QED) is 0.716. The molecule has 1 unspecified atom stereocenters. The van der Waals surface area contributed by atoms with Gasteiger partial charge in [-0.3, -0.25) is 4.79 Å². The minimum absolute atomic E-state index is 0.177. The summed E-state index contributed by atoms with van der Waals surface area (Å²) in [7, 11) is 1.55. The molecule has 0 amide bonds. The van der Waals surface area contributed by atoms with Gasteiger partial charge in [-0.05, 0) is 44.2 Å². The zero-order valence-electron chi connectivity index (χ0n) is 14.7. The Morgan fingerprint density at radius 3 is 2.72 bits per heavy atom. The summed E-state index contributed by atoms with van der Waals surface area (Å²) >= 11 is 0. The van der Waals surface area contributed by atoms with Crippen molar-refractivity contribution in [2.45, 2.75) is 33.0 Å². The molecule has 5 nitrogen and oxygen atoms in total. The molecule has 1 atom stereocenters. The van der Waals surface area contributed by atoms with Crippen LogP contribution >= 0.6 is 0 Å². The van der Waals surface area contributed by atoms with E-state index in [1.807, 2.05) is 19.1 Å². The average Bonchev–Trinajstić information content (AvgIpc) is 2.98. The fourth-order valence-corrected chi connectivity index (χ4v) is 2.92. The Kier molecular flexibility index (Phi) is 5.12. The topological polar surface area (TPSA) is 54.0 Å². The van der Waals surface area contributed by atoms with E-state index in [2.05, 4.69) is 6.92 Å². The van der Waals surface area contributed by atoms with Gasteiger partial charge in [-0.15, -0.1) is 0 Å². The molecule has 1 aliphatic rings. The van der Waals surface area contributed by atoms with E-state index in [1.165, 1.54) is 0 Å². The monoisotopic (exact) mass is 342 g/mol. The van der Waals surface area contributed by atoms with Crippen LogP contribution in [-0.4, -0.2) is 26.1 Å². The van der Waals surface area contributed by atoms with Crippen molar-refractivity contribution >= 4 is 6.29 Å². The van der Waals surface area contributed by atoms with Crippen molar-refractivity contribution in [2.75, 3.05) is 13.7 Å². The molecule has 0 aromatic heterocycles. The van der Waals surface area contributed by atoms with Crippen molar-refractivity contribution in [3.8, 4) is 23.0 Å². The minimum atomic E-state index is 0.177. The van der Waals surface area contributed by atoms with Crippen LogP contribution in [0.25, 0.3) is 0 Å². The van der Waals surface area contributed by atoms with Gasteiger partial charge in [-0.2, -0.15) is 0 Å². The molecule has 0 saturated carbocycles. The molecular weight excluding hydrogens is 320 g/mol. The van der Waals surface area contributed by atoms with Gasteiger partial charge in [0.25, 0.3) is 0 Å². The molecule has 0 spiro atoms. The highest BCUT2D eigenvalue weighted by molar-refractivity contribution is 5.76. The molecule has 0 bridgehead atoms. The molecule has 2 aromatic rings. The fourth-order valence-electron chi connectivity index (χ4n) is 2.92. The number of hydrogen-bond donors (Lipinski definition) is 0. The predicted octanol–water partition coefficient (Wildman–Crippen LogP) is 3.81. The summed E-state index contributed by atoms with van der Waals surface area (Å²) in [5, 5.41) is 0. The summed E-state index contributed by atoms with van der Waals surface area (Å²) in [6.07, 6.45) is 1.84. The Balaban J connectivity index is 1.83. The molecule has 3 rings (SSSR count). The fraction of sp³-hybridized carbons (Fsp3) is 0.350. The zero-order valence-corrected chi connectivity index (χ0v) is 14.7. The number of fused-ring (bicyclic) bond motifs is 1. The van der Waals surface area contributed by atoms with E-state index >= 15 is 0 Å². The van der Waals surface area contributed by atoms with E-state index in [-0.39, 0.29) is 6.10 Å². The summed E-state index contributed by atoms with van der Waals surface area (Å²) in [6, 6.07) is 9.10. The van der Waals surface area contributed by atoms with E-state index in [9.17, 15) is 4.79 Å². The van der Waals surface area contributed by atoms with Crippen molar-refractivity contribution in [1.29, 1.82) is 0 Å². The third-order valence-electron chi connectivity index (χ3n) is 4.09. The van der Waals surface area contributed by atoms with Crippen LogP contribution in [0.1, 0.15) is 35.3 Å². The molecule has 25 heavy (non-hydrogen) atoms. The van der Waals surface area contributed by atoms with Crippen LogP contribution < -0.4 is 18.9 Å². The van der Waals surface area contributed by atoms with E-state index in [0.29, 0.717) is 30.3 Å². The maximum Gasteiger partial charge on any atom is 0.161 e. The molecule has 0 saturated heterocycles. The lowest BCUT2D eigenvalue weighted by atomic mass is 10.1. The van der Waals surface area contributed by atoms with Crippen molar-refractivity contribution in [2.24, 2.45) is 0 Å². The van der Waals surface area contributed by atoms with Crippen LogP contribution in [0.2, 0.25) is 0 Å². The number of carbonyl (C=O) groups excluding carboxylic acids is 1. The highest BCUT2D eigenvalue weighted by Crippen LogP contribution is 2.36. The maximum atomic E-state index is 10.9. The molecule has 2 aromatic carbocycles. The Morgan fingerprint density at radius 2 is 2.00 bits per heavy atom.